The first-order valence-electron chi connectivity index (χ1n) is 5.98. The van der Waals surface area contributed by atoms with Crippen LogP contribution in [0.5, 0.6) is 0 Å². The van der Waals surface area contributed by atoms with Gasteiger partial charge in [-0.3, -0.25) is 4.79 Å². The fourth-order valence-corrected chi connectivity index (χ4v) is 2.61. The molecular formula is C14H17FO2. The van der Waals surface area contributed by atoms with E-state index in [4.69, 9.17) is 4.74 Å². The maximum Gasteiger partial charge on any atom is 0.302 e. The second kappa shape index (κ2) is 4.47. The highest BCUT2D eigenvalue weighted by molar-refractivity contribution is 5.66. The number of carbonyl (C=O) groups is 1. The molecule has 0 N–H and O–H groups in total. The van der Waals surface area contributed by atoms with Gasteiger partial charge in [0.1, 0.15) is 5.82 Å². The second-order valence-corrected chi connectivity index (χ2v) is 4.72. The van der Waals surface area contributed by atoms with Gasteiger partial charge in [-0.15, -0.1) is 0 Å². The Hall–Kier alpha value is -1.38. The highest BCUT2D eigenvalue weighted by Crippen LogP contribution is 2.56. The minimum Gasteiger partial charge on any atom is -0.466 e. The highest BCUT2D eigenvalue weighted by atomic mass is 19.1. The van der Waals surface area contributed by atoms with Crippen molar-refractivity contribution < 1.29 is 13.9 Å². The molecule has 0 heterocycles. The molecule has 1 aliphatic rings. The van der Waals surface area contributed by atoms with Crippen LogP contribution in [0.1, 0.15) is 32.3 Å². The Labute approximate surface area is 101 Å². The molecule has 1 saturated carbocycles. The number of benzene rings is 1. The molecule has 1 aromatic rings. The Morgan fingerprint density at radius 3 is 2.94 bits per heavy atom. The van der Waals surface area contributed by atoms with Gasteiger partial charge in [-0.05, 0) is 30.5 Å². The third kappa shape index (κ3) is 2.33. The smallest absolute Gasteiger partial charge is 0.302 e. The number of carbonyl (C=O) groups excluding carboxylic acids is 1. The lowest BCUT2D eigenvalue weighted by Gasteiger charge is -2.15. The molecule has 0 radical (unpaired) electrons. The van der Waals surface area contributed by atoms with E-state index in [0.717, 1.165) is 18.4 Å². The van der Waals surface area contributed by atoms with Crippen LogP contribution in [0.25, 0.3) is 0 Å². The van der Waals surface area contributed by atoms with E-state index < -0.39 is 0 Å². The molecule has 2 atom stereocenters. The zero-order chi connectivity index (χ0) is 12.5. The summed E-state index contributed by atoms with van der Waals surface area (Å²) in [5, 5.41) is 0. The van der Waals surface area contributed by atoms with Crippen LogP contribution in [0.15, 0.2) is 24.3 Å². The SMILES string of the molecule is CC[C@@]1(c2cccc(F)c2)C[C@H]1COC(C)=O. The quantitative estimate of drug-likeness (QED) is 0.751. The van der Waals surface area contributed by atoms with Crippen LogP contribution in [0, 0.1) is 11.7 Å². The Morgan fingerprint density at radius 1 is 1.59 bits per heavy atom. The molecule has 2 nitrogen and oxygen atoms in total. The van der Waals surface area contributed by atoms with E-state index in [2.05, 4.69) is 6.92 Å². The molecule has 2 rings (SSSR count). The molecule has 0 saturated heterocycles. The lowest BCUT2D eigenvalue weighted by Crippen LogP contribution is -2.13. The van der Waals surface area contributed by atoms with Crippen molar-refractivity contribution in [2.24, 2.45) is 5.92 Å². The van der Waals surface area contributed by atoms with E-state index in [0.29, 0.717) is 12.5 Å². The van der Waals surface area contributed by atoms with Crippen molar-refractivity contribution >= 4 is 5.97 Å². The summed E-state index contributed by atoms with van der Waals surface area (Å²) in [5.74, 6) is -0.118. The highest BCUT2D eigenvalue weighted by Gasteiger charge is 2.54. The maximum absolute atomic E-state index is 13.2. The summed E-state index contributed by atoms with van der Waals surface area (Å²) in [6, 6.07) is 6.75. The normalized spacial score (nSPS) is 26.6. The monoisotopic (exact) mass is 236 g/mol. The Bertz CT molecular complexity index is 430. The van der Waals surface area contributed by atoms with E-state index >= 15 is 0 Å². The first-order chi connectivity index (χ1) is 8.08. The fourth-order valence-electron chi connectivity index (χ4n) is 2.61. The molecule has 0 aromatic heterocycles. The zero-order valence-corrected chi connectivity index (χ0v) is 10.2. The van der Waals surface area contributed by atoms with E-state index in [1.807, 2.05) is 6.07 Å². The molecule has 1 fully saturated rings. The molecule has 1 aliphatic carbocycles. The summed E-state index contributed by atoms with van der Waals surface area (Å²) < 4.78 is 18.3. The van der Waals surface area contributed by atoms with Gasteiger partial charge in [-0.2, -0.15) is 0 Å². The van der Waals surface area contributed by atoms with E-state index in [1.165, 1.54) is 13.0 Å². The van der Waals surface area contributed by atoms with Crippen LogP contribution in [0.2, 0.25) is 0 Å². The molecule has 17 heavy (non-hydrogen) atoms. The van der Waals surface area contributed by atoms with Crippen molar-refractivity contribution in [1.29, 1.82) is 0 Å². The standard InChI is InChI=1S/C14H17FO2/c1-3-14(8-12(14)9-17-10(2)16)11-5-4-6-13(15)7-11/h4-7,12H,3,8-9H2,1-2H3/t12-,14-/m0/s1. The minimum atomic E-state index is -0.249. The molecule has 0 aliphatic heterocycles. The summed E-state index contributed by atoms with van der Waals surface area (Å²) in [7, 11) is 0. The number of halogens is 1. The van der Waals surface area contributed by atoms with Crippen molar-refractivity contribution in [3.63, 3.8) is 0 Å². The molecule has 0 unspecified atom stereocenters. The van der Waals surface area contributed by atoms with Gasteiger partial charge in [0.15, 0.2) is 0 Å². The fraction of sp³-hybridized carbons (Fsp3) is 0.500. The minimum absolute atomic E-state index is 0.0115. The second-order valence-electron chi connectivity index (χ2n) is 4.72. The van der Waals surface area contributed by atoms with Crippen molar-refractivity contribution in [2.75, 3.05) is 6.61 Å². The average Bonchev–Trinajstić information content (AvgIpc) is 3.01. The van der Waals surface area contributed by atoms with Crippen molar-refractivity contribution in [3.05, 3.63) is 35.6 Å². The van der Waals surface area contributed by atoms with E-state index in [9.17, 15) is 9.18 Å². The lowest BCUT2D eigenvalue weighted by atomic mass is 9.90. The van der Waals surface area contributed by atoms with E-state index in [-0.39, 0.29) is 17.2 Å². The van der Waals surface area contributed by atoms with Gasteiger partial charge in [-0.1, -0.05) is 19.1 Å². The van der Waals surface area contributed by atoms with E-state index in [1.54, 1.807) is 12.1 Å². The topological polar surface area (TPSA) is 26.3 Å². The predicted molar refractivity (Wildman–Crippen MR) is 63.1 cm³/mol. The number of hydrogen-bond acceptors (Lipinski definition) is 2. The summed E-state index contributed by atoms with van der Waals surface area (Å²) in [4.78, 5) is 10.8. The summed E-state index contributed by atoms with van der Waals surface area (Å²) in [6.45, 7) is 3.95. The predicted octanol–water partition coefficient (Wildman–Crippen LogP) is 3.06. The maximum atomic E-state index is 13.2. The average molecular weight is 236 g/mol. The molecular weight excluding hydrogens is 219 g/mol. The first kappa shape index (κ1) is 12.1. The zero-order valence-electron chi connectivity index (χ0n) is 10.2. The van der Waals surface area contributed by atoms with Crippen LogP contribution in [-0.4, -0.2) is 12.6 Å². The summed E-state index contributed by atoms with van der Waals surface area (Å²) in [5.41, 5.74) is 1.04. The van der Waals surface area contributed by atoms with Crippen LogP contribution in [0.3, 0.4) is 0 Å². The van der Waals surface area contributed by atoms with Gasteiger partial charge in [0, 0.05) is 18.3 Å². The van der Waals surface area contributed by atoms with Crippen molar-refractivity contribution in [3.8, 4) is 0 Å². The Kier molecular flexibility index (Phi) is 3.18. The van der Waals surface area contributed by atoms with Gasteiger partial charge in [0.2, 0.25) is 0 Å². The Balaban J connectivity index is 2.10. The molecule has 3 heteroatoms. The third-order valence-electron chi connectivity index (χ3n) is 3.75. The van der Waals surface area contributed by atoms with Crippen LogP contribution < -0.4 is 0 Å². The largest absolute Gasteiger partial charge is 0.466 e. The van der Waals surface area contributed by atoms with Gasteiger partial charge >= 0.3 is 5.97 Å². The molecule has 1 aromatic carbocycles. The van der Waals surface area contributed by atoms with Crippen molar-refractivity contribution in [2.45, 2.75) is 32.1 Å². The number of hydrogen-bond donors (Lipinski definition) is 0. The number of rotatable bonds is 4. The Morgan fingerprint density at radius 2 is 2.35 bits per heavy atom. The van der Waals surface area contributed by atoms with Gasteiger partial charge < -0.3 is 4.74 Å². The molecule has 0 amide bonds. The van der Waals surface area contributed by atoms with Crippen LogP contribution in [-0.2, 0) is 14.9 Å². The third-order valence-corrected chi connectivity index (χ3v) is 3.75. The molecule has 92 valence electrons. The van der Waals surface area contributed by atoms with Gasteiger partial charge in [0.05, 0.1) is 6.61 Å². The summed E-state index contributed by atoms with van der Waals surface area (Å²) >= 11 is 0. The molecule has 0 spiro atoms. The van der Waals surface area contributed by atoms with Crippen LogP contribution >= 0.6 is 0 Å². The van der Waals surface area contributed by atoms with Gasteiger partial charge in [-0.25, -0.2) is 4.39 Å². The lowest BCUT2D eigenvalue weighted by molar-refractivity contribution is -0.141. The van der Waals surface area contributed by atoms with Crippen LogP contribution in [0.4, 0.5) is 4.39 Å². The molecule has 0 bridgehead atoms. The van der Waals surface area contributed by atoms with Crippen molar-refractivity contribution in [1.82, 2.24) is 0 Å². The first-order valence-corrected chi connectivity index (χ1v) is 5.98. The number of esters is 1. The van der Waals surface area contributed by atoms with Gasteiger partial charge in [0.25, 0.3) is 0 Å². The summed E-state index contributed by atoms with van der Waals surface area (Å²) in [6.07, 6.45) is 1.92. The number of ether oxygens (including phenoxy) is 1.